The lowest BCUT2D eigenvalue weighted by Gasteiger charge is -2.18. The Morgan fingerprint density at radius 2 is 1.79 bits per heavy atom. The third kappa shape index (κ3) is 3.58. The van der Waals surface area contributed by atoms with E-state index < -0.39 is 36.0 Å². The summed E-state index contributed by atoms with van der Waals surface area (Å²) in [4.78, 5) is 13.8. The van der Waals surface area contributed by atoms with Crippen LogP contribution in [0.1, 0.15) is 29.4 Å². The molecule has 1 aromatic heterocycles. The smallest absolute Gasteiger partial charge is 0.409 e. The summed E-state index contributed by atoms with van der Waals surface area (Å²) in [5, 5.41) is 2.72. The average molecular weight is 292 g/mol. The van der Waals surface area contributed by atoms with Gasteiger partial charge in [0.05, 0.1) is 6.61 Å². The number of carbonyl (C=O) groups excluding carboxylic acids is 1. The lowest BCUT2D eigenvalue weighted by atomic mass is 10.1. The number of hydrogen-bond donors (Lipinski definition) is 0. The molecule has 11 heteroatoms. The number of alkyl halides is 6. The molecule has 0 atom stereocenters. The highest BCUT2D eigenvalue weighted by Gasteiger charge is 2.61. The molecular formula is C8H6F6N2O3. The van der Waals surface area contributed by atoms with Crippen molar-refractivity contribution in [1.82, 2.24) is 10.1 Å². The van der Waals surface area contributed by atoms with Crippen LogP contribution in [0.4, 0.5) is 26.3 Å². The van der Waals surface area contributed by atoms with E-state index in [9.17, 15) is 31.1 Å². The molecule has 5 nitrogen and oxygen atoms in total. The lowest BCUT2D eigenvalue weighted by molar-refractivity contribution is -0.259. The summed E-state index contributed by atoms with van der Waals surface area (Å²) < 4.78 is 81.9. The van der Waals surface area contributed by atoms with Crippen LogP contribution < -0.4 is 0 Å². The van der Waals surface area contributed by atoms with Gasteiger partial charge in [0.2, 0.25) is 11.8 Å². The Labute approximate surface area is 101 Å². The number of hydrogen-bond acceptors (Lipinski definition) is 5. The van der Waals surface area contributed by atoms with Crippen LogP contribution in [0.25, 0.3) is 0 Å². The van der Waals surface area contributed by atoms with Gasteiger partial charge in [0.15, 0.2) is 0 Å². The number of carbonyl (C=O) groups is 1. The molecule has 0 aliphatic carbocycles. The molecule has 0 N–H and O–H groups in total. The van der Waals surface area contributed by atoms with Gasteiger partial charge in [-0.15, -0.1) is 0 Å². The van der Waals surface area contributed by atoms with E-state index in [-0.39, 0.29) is 6.61 Å². The predicted octanol–water partition coefficient (Wildman–Crippen LogP) is 2.45. The zero-order valence-electron chi connectivity index (χ0n) is 9.17. The molecule has 0 radical (unpaired) electrons. The molecule has 0 aliphatic rings. The first-order valence-corrected chi connectivity index (χ1v) is 4.71. The van der Waals surface area contributed by atoms with Gasteiger partial charge in [-0.2, -0.15) is 31.3 Å². The van der Waals surface area contributed by atoms with Crippen molar-refractivity contribution in [1.29, 1.82) is 0 Å². The zero-order chi connectivity index (χ0) is 14.8. The van der Waals surface area contributed by atoms with E-state index in [2.05, 4.69) is 19.4 Å². The largest absolute Gasteiger partial charge is 0.460 e. The molecule has 1 aromatic rings. The Balaban J connectivity index is 3.10. The highest BCUT2D eigenvalue weighted by molar-refractivity contribution is 5.84. The molecule has 0 saturated heterocycles. The summed E-state index contributed by atoms with van der Waals surface area (Å²) in [6.45, 7) is 1.23. The minimum absolute atomic E-state index is 0.148. The summed E-state index contributed by atoms with van der Waals surface area (Å²) in [5.41, 5.74) is 0. The van der Waals surface area contributed by atoms with Crippen LogP contribution in [-0.4, -0.2) is 35.1 Å². The average Bonchev–Trinajstić information content (AvgIpc) is 2.62. The lowest BCUT2D eigenvalue weighted by Crippen LogP contribution is -2.34. The molecule has 1 rings (SSSR count). The molecule has 1 heterocycles. The van der Waals surface area contributed by atoms with Crippen molar-refractivity contribution in [3.63, 3.8) is 0 Å². The van der Waals surface area contributed by atoms with Gasteiger partial charge in [-0.3, -0.25) is 0 Å². The number of aromatic nitrogens is 2. The zero-order valence-corrected chi connectivity index (χ0v) is 9.17. The molecule has 0 fully saturated rings. The number of ether oxygens (including phenoxy) is 1. The Morgan fingerprint density at radius 3 is 2.21 bits per heavy atom. The first-order chi connectivity index (χ1) is 8.57. The minimum Gasteiger partial charge on any atom is -0.460 e. The Kier molecular flexibility index (Phi) is 4.06. The topological polar surface area (TPSA) is 65.2 Å². The minimum atomic E-state index is -5.67. The van der Waals surface area contributed by atoms with Gasteiger partial charge in [0, 0.05) is 0 Å². The molecule has 0 aliphatic heterocycles. The van der Waals surface area contributed by atoms with Crippen molar-refractivity contribution in [2.45, 2.75) is 25.2 Å². The van der Waals surface area contributed by atoms with Crippen LogP contribution in [0.5, 0.6) is 0 Å². The van der Waals surface area contributed by atoms with Crippen molar-refractivity contribution in [3.05, 3.63) is 11.7 Å². The maximum absolute atomic E-state index is 12.3. The number of halogens is 6. The summed E-state index contributed by atoms with van der Waals surface area (Å²) in [6.07, 6.45) is -11.3. The van der Waals surface area contributed by atoms with Gasteiger partial charge in [0.25, 0.3) is 5.82 Å². The summed E-state index contributed by atoms with van der Waals surface area (Å²) >= 11 is 0. The van der Waals surface area contributed by atoms with Crippen LogP contribution in [-0.2, 0) is 4.74 Å². The standard InChI is InChI=1S/C8H6F6N2O3/c1-2-18-6(17)4-15-5(19-16-4)3(7(9,10)11)8(12,13)14/h3H,2H2,1H3. The second-order valence-electron chi connectivity index (χ2n) is 3.19. The van der Waals surface area contributed by atoms with E-state index >= 15 is 0 Å². The highest BCUT2D eigenvalue weighted by Crippen LogP contribution is 2.45. The molecule has 0 bridgehead atoms. The van der Waals surface area contributed by atoms with Crippen LogP contribution in [0.2, 0.25) is 0 Å². The molecule has 0 aromatic carbocycles. The van der Waals surface area contributed by atoms with E-state index in [0.717, 1.165) is 0 Å². The molecule has 0 saturated carbocycles. The molecule has 0 spiro atoms. The fourth-order valence-electron chi connectivity index (χ4n) is 1.10. The summed E-state index contributed by atoms with van der Waals surface area (Å²) in [6, 6.07) is 0. The second kappa shape index (κ2) is 5.05. The van der Waals surface area contributed by atoms with Crippen molar-refractivity contribution < 1.29 is 40.4 Å². The van der Waals surface area contributed by atoms with Crippen molar-refractivity contribution in [2.75, 3.05) is 6.61 Å². The van der Waals surface area contributed by atoms with Crippen LogP contribution in [0.3, 0.4) is 0 Å². The first-order valence-electron chi connectivity index (χ1n) is 4.71. The molecule has 19 heavy (non-hydrogen) atoms. The maximum Gasteiger partial charge on any atom is 0.409 e. The maximum atomic E-state index is 12.3. The third-order valence-corrected chi connectivity index (χ3v) is 1.80. The first kappa shape index (κ1) is 15.2. The van der Waals surface area contributed by atoms with Crippen LogP contribution >= 0.6 is 0 Å². The van der Waals surface area contributed by atoms with Crippen LogP contribution in [0, 0.1) is 0 Å². The summed E-state index contributed by atoms with van der Waals surface area (Å²) in [7, 11) is 0. The van der Waals surface area contributed by atoms with Gasteiger partial charge in [-0.05, 0) is 12.1 Å². The van der Waals surface area contributed by atoms with E-state index in [1.165, 1.54) is 6.92 Å². The second-order valence-corrected chi connectivity index (χ2v) is 3.19. The monoisotopic (exact) mass is 292 g/mol. The molecule has 0 unspecified atom stereocenters. The summed E-state index contributed by atoms with van der Waals surface area (Å²) in [5.74, 6) is -7.99. The normalized spacial score (nSPS) is 12.8. The SMILES string of the molecule is CCOC(=O)c1noc(C(C(F)(F)F)C(F)(F)F)n1. The molecule has 108 valence electrons. The quantitative estimate of drug-likeness (QED) is 0.632. The van der Waals surface area contributed by atoms with Gasteiger partial charge in [-0.1, -0.05) is 0 Å². The van der Waals surface area contributed by atoms with E-state index in [0.29, 0.717) is 0 Å². The molecular weight excluding hydrogens is 286 g/mol. The predicted molar refractivity (Wildman–Crippen MR) is 45.1 cm³/mol. The van der Waals surface area contributed by atoms with Crippen molar-refractivity contribution in [3.8, 4) is 0 Å². The number of nitrogens with zero attached hydrogens (tertiary/aromatic N) is 2. The van der Waals surface area contributed by atoms with E-state index in [1.807, 2.05) is 0 Å². The number of rotatable bonds is 3. The van der Waals surface area contributed by atoms with E-state index in [4.69, 9.17) is 0 Å². The van der Waals surface area contributed by atoms with Gasteiger partial charge >= 0.3 is 18.3 Å². The van der Waals surface area contributed by atoms with E-state index in [1.54, 1.807) is 0 Å². The fourth-order valence-corrected chi connectivity index (χ4v) is 1.10. The molecule has 0 amide bonds. The Hall–Kier alpha value is -1.81. The third-order valence-electron chi connectivity index (χ3n) is 1.80. The van der Waals surface area contributed by atoms with Gasteiger partial charge in [-0.25, -0.2) is 4.79 Å². The van der Waals surface area contributed by atoms with Crippen molar-refractivity contribution in [2.24, 2.45) is 0 Å². The Bertz CT molecular complexity index is 438. The number of esters is 1. The van der Waals surface area contributed by atoms with Crippen LogP contribution in [0.15, 0.2) is 4.52 Å². The fraction of sp³-hybridized carbons (Fsp3) is 0.625. The van der Waals surface area contributed by atoms with Gasteiger partial charge in [0.1, 0.15) is 0 Å². The van der Waals surface area contributed by atoms with Crippen molar-refractivity contribution >= 4 is 5.97 Å². The van der Waals surface area contributed by atoms with Gasteiger partial charge < -0.3 is 9.26 Å². The Morgan fingerprint density at radius 1 is 1.26 bits per heavy atom. The highest BCUT2D eigenvalue weighted by atomic mass is 19.4.